The molecule has 1 amide bonds. The Morgan fingerprint density at radius 3 is 2.68 bits per heavy atom. The van der Waals surface area contributed by atoms with Crippen LogP contribution in [0.5, 0.6) is 0 Å². The van der Waals surface area contributed by atoms with E-state index >= 15 is 0 Å². The van der Waals surface area contributed by atoms with Gasteiger partial charge in [-0.05, 0) is 43.3 Å². The van der Waals surface area contributed by atoms with E-state index < -0.39 is 0 Å². The number of nitrogens with zero attached hydrogens (tertiary/aromatic N) is 4. The maximum Gasteiger partial charge on any atom is 0.272 e. The number of hydrogen-bond donors (Lipinski definition) is 1. The van der Waals surface area contributed by atoms with Crippen LogP contribution in [0.3, 0.4) is 0 Å². The molecule has 2 heterocycles. The van der Waals surface area contributed by atoms with Gasteiger partial charge in [0.25, 0.3) is 5.91 Å². The van der Waals surface area contributed by atoms with Gasteiger partial charge in [-0.1, -0.05) is 18.5 Å². The van der Waals surface area contributed by atoms with Crippen LogP contribution in [0, 0.1) is 6.92 Å². The van der Waals surface area contributed by atoms with E-state index in [1.807, 2.05) is 24.0 Å². The fourth-order valence-corrected chi connectivity index (χ4v) is 3.08. The molecule has 2 aromatic rings. The quantitative estimate of drug-likeness (QED) is 0.909. The maximum atomic E-state index is 12.7. The highest BCUT2D eigenvalue weighted by Gasteiger charge is 2.22. The predicted octanol–water partition coefficient (Wildman–Crippen LogP) is 2.96. The zero-order chi connectivity index (χ0) is 17.8. The van der Waals surface area contributed by atoms with Crippen molar-refractivity contribution in [2.75, 3.05) is 38.0 Å². The van der Waals surface area contributed by atoms with E-state index in [1.54, 1.807) is 18.3 Å². The maximum absolute atomic E-state index is 12.7. The summed E-state index contributed by atoms with van der Waals surface area (Å²) in [7, 11) is 0. The van der Waals surface area contributed by atoms with E-state index in [4.69, 9.17) is 11.6 Å². The summed E-state index contributed by atoms with van der Waals surface area (Å²) in [5, 5.41) is 3.83. The first kappa shape index (κ1) is 17.6. The van der Waals surface area contributed by atoms with Crippen molar-refractivity contribution >= 4 is 29.1 Å². The topological polar surface area (TPSA) is 61.4 Å². The van der Waals surface area contributed by atoms with Crippen LogP contribution in [-0.2, 0) is 0 Å². The van der Waals surface area contributed by atoms with Crippen molar-refractivity contribution in [1.82, 2.24) is 19.8 Å². The number of halogens is 1. The average molecular weight is 360 g/mol. The van der Waals surface area contributed by atoms with Gasteiger partial charge in [0.15, 0.2) is 0 Å². The number of rotatable bonds is 4. The number of aromatic nitrogens is 2. The van der Waals surface area contributed by atoms with Crippen LogP contribution in [0.25, 0.3) is 0 Å². The lowest BCUT2D eigenvalue weighted by atomic mass is 10.2. The van der Waals surface area contributed by atoms with Crippen molar-refractivity contribution in [3.63, 3.8) is 0 Å². The first-order chi connectivity index (χ1) is 12.1. The van der Waals surface area contributed by atoms with Gasteiger partial charge in [0.05, 0.1) is 0 Å². The molecule has 7 heteroatoms. The zero-order valence-electron chi connectivity index (χ0n) is 14.5. The van der Waals surface area contributed by atoms with Crippen molar-refractivity contribution in [3.8, 4) is 0 Å². The summed E-state index contributed by atoms with van der Waals surface area (Å²) in [5.41, 5.74) is 2.27. The Balaban J connectivity index is 1.72. The highest BCUT2D eigenvalue weighted by Crippen LogP contribution is 2.22. The lowest BCUT2D eigenvalue weighted by molar-refractivity contribution is 0.0637. The molecular formula is C18H22ClN5O. The lowest BCUT2D eigenvalue weighted by Crippen LogP contribution is -2.48. The highest BCUT2D eigenvalue weighted by molar-refractivity contribution is 6.30. The number of carbonyl (C=O) groups excluding carboxylic acids is 1. The summed E-state index contributed by atoms with van der Waals surface area (Å²) in [6, 6.07) is 7.21. The van der Waals surface area contributed by atoms with E-state index in [-0.39, 0.29) is 5.91 Å². The molecule has 0 radical (unpaired) electrons. The second-order valence-electron chi connectivity index (χ2n) is 6.08. The molecule has 1 aromatic carbocycles. The summed E-state index contributed by atoms with van der Waals surface area (Å²) in [4.78, 5) is 25.5. The molecule has 1 fully saturated rings. The number of hydrogen-bond acceptors (Lipinski definition) is 5. The predicted molar refractivity (Wildman–Crippen MR) is 99.5 cm³/mol. The molecule has 0 atom stereocenters. The third-order valence-electron chi connectivity index (χ3n) is 4.42. The fraction of sp³-hybridized carbons (Fsp3) is 0.389. The fourth-order valence-electron chi connectivity index (χ4n) is 2.86. The van der Waals surface area contributed by atoms with Gasteiger partial charge in [-0.25, -0.2) is 9.97 Å². The second-order valence-corrected chi connectivity index (χ2v) is 6.51. The molecule has 1 saturated heterocycles. The first-order valence-corrected chi connectivity index (χ1v) is 8.82. The van der Waals surface area contributed by atoms with Gasteiger partial charge >= 0.3 is 0 Å². The number of likely N-dealkylation sites (N-methyl/N-ethyl adjacent to an activating group) is 1. The van der Waals surface area contributed by atoms with E-state index in [9.17, 15) is 4.79 Å². The molecule has 1 aliphatic rings. The molecule has 1 N–H and O–H groups in total. The number of piperazine rings is 1. The Hall–Kier alpha value is -2.18. The number of amides is 1. The van der Waals surface area contributed by atoms with Crippen molar-refractivity contribution < 1.29 is 4.79 Å². The van der Waals surface area contributed by atoms with Gasteiger partial charge in [-0.15, -0.1) is 0 Å². The molecule has 1 aromatic heterocycles. The van der Waals surface area contributed by atoms with Crippen molar-refractivity contribution in [2.45, 2.75) is 13.8 Å². The Labute approximate surface area is 152 Å². The molecule has 0 spiro atoms. The molecular weight excluding hydrogens is 338 g/mol. The number of anilines is 2. The van der Waals surface area contributed by atoms with Gasteiger partial charge < -0.3 is 15.1 Å². The van der Waals surface area contributed by atoms with Crippen molar-refractivity contribution in [1.29, 1.82) is 0 Å². The standard InChI is InChI=1S/C18H22ClN5O/c1-3-23-8-10-24(11-9-23)17(25)16-6-7-20-18(22-16)21-15-5-4-14(19)12-13(15)2/h4-7,12H,3,8-11H2,1-2H3,(H,20,21,22). The summed E-state index contributed by atoms with van der Waals surface area (Å²) >= 11 is 5.98. The smallest absolute Gasteiger partial charge is 0.272 e. The molecule has 0 saturated carbocycles. The van der Waals surface area contributed by atoms with Crippen LogP contribution >= 0.6 is 11.6 Å². The lowest BCUT2D eigenvalue weighted by Gasteiger charge is -2.33. The van der Waals surface area contributed by atoms with Crippen LogP contribution in [0.2, 0.25) is 5.02 Å². The molecule has 0 aliphatic carbocycles. The monoisotopic (exact) mass is 359 g/mol. The van der Waals surface area contributed by atoms with Gasteiger partial charge in [-0.2, -0.15) is 0 Å². The Kier molecular flexibility index (Phi) is 5.50. The summed E-state index contributed by atoms with van der Waals surface area (Å²) in [6.45, 7) is 8.38. The number of nitrogens with one attached hydrogen (secondary N) is 1. The largest absolute Gasteiger partial charge is 0.335 e. The Bertz CT molecular complexity index is 759. The van der Waals surface area contributed by atoms with Crippen LogP contribution in [0.1, 0.15) is 23.0 Å². The Morgan fingerprint density at radius 1 is 1.24 bits per heavy atom. The summed E-state index contributed by atoms with van der Waals surface area (Å²) in [6.07, 6.45) is 1.61. The van der Waals surface area contributed by atoms with Gasteiger partial charge in [0.2, 0.25) is 5.95 Å². The first-order valence-electron chi connectivity index (χ1n) is 8.44. The van der Waals surface area contributed by atoms with Crippen LogP contribution in [0.15, 0.2) is 30.5 Å². The van der Waals surface area contributed by atoms with E-state index in [1.165, 1.54) is 0 Å². The van der Waals surface area contributed by atoms with Crippen LogP contribution in [0.4, 0.5) is 11.6 Å². The second kappa shape index (κ2) is 7.80. The number of carbonyl (C=O) groups is 1. The van der Waals surface area contributed by atoms with Gasteiger partial charge in [-0.3, -0.25) is 4.79 Å². The molecule has 6 nitrogen and oxygen atoms in total. The van der Waals surface area contributed by atoms with E-state index in [0.29, 0.717) is 16.7 Å². The minimum Gasteiger partial charge on any atom is -0.335 e. The van der Waals surface area contributed by atoms with Gasteiger partial charge in [0.1, 0.15) is 5.69 Å². The highest BCUT2D eigenvalue weighted by atomic mass is 35.5. The molecule has 0 unspecified atom stereocenters. The normalized spacial score (nSPS) is 15.2. The molecule has 0 bridgehead atoms. The third kappa shape index (κ3) is 4.27. The minimum absolute atomic E-state index is 0.0472. The third-order valence-corrected chi connectivity index (χ3v) is 4.65. The SMILES string of the molecule is CCN1CCN(C(=O)c2ccnc(Nc3ccc(Cl)cc3C)n2)CC1. The summed E-state index contributed by atoms with van der Waals surface area (Å²) < 4.78 is 0. The van der Waals surface area contributed by atoms with E-state index in [0.717, 1.165) is 44.0 Å². The van der Waals surface area contributed by atoms with Crippen LogP contribution < -0.4 is 5.32 Å². The van der Waals surface area contributed by atoms with Gasteiger partial charge in [0, 0.05) is 43.1 Å². The van der Waals surface area contributed by atoms with Crippen LogP contribution in [-0.4, -0.2) is 58.4 Å². The molecule has 3 rings (SSSR count). The summed E-state index contributed by atoms with van der Waals surface area (Å²) in [5.74, 6) is 0.359. The van der Waals surface area contributed by atoms with Crippen molar-refractivity contribution in [2.24, 2.45) is 0 Å². The Morgan fingerprint density at radius 2 is 2.00 bits per heavy atom. The number of aryl methyl sites for hydroxylation is 1. The molecule has 25 heavy (non-hydrogen) atoms. The minimum atomic E-state index is -0.0472. The zero-order valence-corrected chi connectivity index (χ0v) is 15.3. The molecule has 1 aliphatic heterocycles. The average Bonchev–Trinajstić information content (AvgIpc) is 2.64. The van der Waals surface area contributed by atoms with Crippen molar-refractivity contribution in [3.05, 3.63) is 46.7 Å². The number of benzene rings is 1. The molecule has 132 valence electrons. The van der Waals surface area contributed by atoms with E-state index in [2.05, 4.69) is 27.1 Å².